The molecule has 0 aliphatic rings. The minimum Gasteiger partial charge on any atom is -0.481 e. The lowest BCUT2D eigenvalue weighted by molar-refractivity contribution is -0.136. The molecule has 0 unspecified atom stereocenters. The van der Waals surface area contributed by atoms with Crippen LogP contribution in [0.4, 0.5) is 0 Å². The van der Waals surface area contributed by atoms with E-state index >= 15 is 0 Å². The summed E-state index contributed by atoms with van der Waals surface area (Å²) >= 11 is 3.00. The standard InChI is InChI=1S/C12H12N2O3S2/c1-17-11-8(3-2-4-13-11)6-18-12-14-9(7-19-12)5-10(15)16/h2-4,7H,5-6H2,1H3,(H,15,16). The molecule has 1 N–H and O–H groups in total. The molecule has 0 amide bonds. The first kappa shape index (κ1) is 13.8. The van der Waals surface area contributed by atoms with Crippen LogP contribution in [0.3, 0.4) is 0 Å². The largest absolute Gasteiger partial charge is 0.481 e. The normalized spacial score (nSPS) is 10.4. The second-order valence-corrected chi connectivity index (χ2v) is 5.72. The van der Waals surface area contributed by atoms with Gasteiger partial charge in [0, 0.05) is 22.9 Å². The first-order chi connectivity index (χ1) is 9.19. The van der Waals surface area contributed by atoms with Crippen molar-refractivity contribution in [1.29, 1.82) is 0 Å². The topological polar surface area (TPSA) is 72.3 Å². The minimum atomic E-state index is -0.865. The van der Waals surface area contributed by atoms with Crippen LogP contribution in [0.5, 0.6) is 5.88 Å². The van der Waals surface area contributed by atoms with Crippen LogP contribution < -0.4 is 4.74 Å². The number of rotatable bonds is 6. The number of thioether (sulfide) groups is 1. The number of carboxylic acids is 1. The second-order valence-electron chi connectivity index (χ2n) is 3.64. The summed E-state index contributed by atoms with van der Waals surface area (Å²) in [5.74, 6) is 0.435. The molecule has 2 rings (SSSR count). The number of nitrogens with zero attached hydrogens (tertiary/aromatic N) is 2. The third-order valence-corrected chi connectivity index (χ3v) is 4.38. The van der Waals surface area contributed by atoms with Crippen LogP contribution in [0.25, 0.3) is 0 Å². The van der Waals surface area contributed by atoms with E-state index in [1.54, 1.807) is 30.4 Å². The molecule has 0 fully saturated rings. The predicted octanol–water partition coefficient (Wildman–Crippen LogP) is 2.47. The van der Waals surface area contributed by atoms with E-state index in [-0.39, 0.29) is 6.42 Å². The third kappa shape index (κ3) is 3.93. The fraction of sp³-hybridized carbons (Fsp3) is 0.250. The van der Waals surface area contributed by atoms with Gasteiger partial charge in [0.05, 0.1) is 19.2 Å². The quantitative estimate of drug-likeness (QED) is 0.826. The lowest BCUT2D eigenvalue weighted by Gasteiger charge is -2.04. The summed E-state index contributed by atoms with van der Waals surface area (Å²) in [6, 6.07) is 3.81. The van der Waals surface area contributed by atoms with Gasteiger partial charge in [-0.2, -0.15) is 0 Å². The molecule has 0 spiro atoms. The van der Waals surface area contributed by atoms with Gasteiger partial charge < -0.3 is 9.84 Å². The highest BCUT2D eigenvalue weighted by Gasteiger charge is 2.08. The molecule has 2 aromatic heterocycles. The van der Waals surface area contributed by atoms with Crippen molar-refractivity contribution >= 4 is 29.1 Å². The summed E-state index contributed by atoms with van der Waals surface area (Å²) in [6.07, 6.45) is 1.65. The zero-order chi connectivity index (χ0) is 13.7. The Kier molecular flexibility index (Phi) is 4.75. The Bertz CT molecular complexity index is 572. The van der Waals surface area contributed by atoms with Gasteiger partial charge in [0.15, 0.2) is 0 Å². The fourth-order valence-electron chi connectivity index (χ4n) is 1.45. The predicted molar refractivity (Wildman–Crippen MR) is 73.8 cm³/mol. The number of hydrogen-bond acceptors (Lipinski definition) is 6. The number of hydrogen-bond donors (Lipinski definition) is 1. The van der Waals surface area contributed by atoms with Crippen molar-refractivity contribution < 1.29 is 14.6 Å². The van der Waals surface area contributed by atoms with Crippen molar-refractivity contribution in [3.63, 3.8) is 0 Å². The van der Waals surface area contributed by atoms with Crippen molar-refractivity contribution in [3.05, 3.63) is 35.0 Å². The van der Waals surface area contributed by atoms with E-state index in [0.29, 0.717) is 17.3 Å². The maximum Gasteiger partial charge on any atom is 0.309 e. The molecule has 0 radical (unpaired) electrons. The van der Waals surface area contributed by atoms with Crippen LogP contribution in [0, 0.1) is 0 Å². The highest BCUT2D eigenvalue weighted by atomic mass is 32.2. The first-order valence-electron chi connectivity index (χ1n) is 5.46. The van der Waals surface area contributed by atoms with E-state index in [1.807, 2.05) is 12.1 Å². The molecule has 0 aromatic carbocycles. The third-order valence-electron chi connectivity index (χ3n) is 2.26. The smallest absolute Gasteiger partial charge is 0.309 e. The Labute approximate surface area is 118 Å². The molecule has 2 heterocycles. The first-order valence-corrected chi connectivity index (χ1v) is 7.32. The SMILES string of the molecule is COc1ncccc1CSc1nc(CC(=O)O)cs1. The molecular weight excluding hydrogens is 284 g/mol. The summed E-state index contributed by atoms with van der Waals surface area (Å²) in [5, 5.41) is 10.5. The molecule has 0 saturated carbocycles. The van der Waals surface area contributed by atoms with Crippen LogP contribution in [-0.4, -0.2) is 28.2 Å². The Morgan fingerprint density at radius 1 is 1.58 bits per heavy atom. The van der Waals surface area contributed by atoms with Gasteiger partial charge in [0.25, 0.3) is 0 Å². The summed E-state index contributed by atoms with van der Waals surface area (Å²) in [7, 11) is 1.59. The van der Waals surface area contributed by atoms with Crippen LogP contribution in [0.2, 0.25) is 0 Å². The Morgan fingerprint density at radius 3 is 3.16 bits per heavy atom. The number of methoxy groups -OCH3 is 1. The zero-order valence-corrected chi connectivity index (χ0v) is 11.8. The van der Waals surface area contributed by atoms with E-state index in [2.05, 4.69) is 9.97 Å². The second kappa shape index (κ2) is 6.53. The molecule has 0 bridgehead atoms. The van der Waals surface area contributed by atoms with Gasteiger partial charge in [-0.15, -0.1) is 11.3 Å². The monoisotopic (exact) mass is 296 g/mol. The van der Waals surface area contributed by atoms with Crippen LogP contribution in [0.15, 0.2) is 28.0 Å². The van der Waals surface area contributed by atoms with Crippen LogP contribution in [0.1, 0.15) is 11.3 Å². The molecule has 5 nitrogen and oxygen atoms in total. The maximum absolute atomic E-state index is 10.6. The number of carbonyl (C=O) groups is 1. The number of aromatic nitrogens is 2. The van der Waals surface area contributed by atoms with E-state index in [4.69, 9.17) is 9.84 Å². The van der Waals surface area contributed by atoms with Crippen molar-refractivity contribution in [2.24, 2.45) is 0 Å². The fourth-order valence-corrected chi connectivity index (χ4v) is 3.26. The molecule has 7 heteroatoms. The summed E-state index contributed by atoms with van der Waals surface area (Å²) in [4.78, 5) is 19.0. The van der Waals surface area contributed by atoms with Crippen molar-refractivity contribution in [1.82, 2.24) is 9.97 Å². The average molecular weight is 296 g/mol. The van der Waals surface area contributed by atoms with Gasteiger partial charge in [0.2, 0.25) is 5.88 Å². The van der Waals surface area contributed by atoms with E-state index in [0.717, 1.165) is 9.90 Å². The van der Waals surface area contributed by atoms with Crippen LogP contribution in [-0.2, 0) is 17.0 Å². The van der Waals surface area contributed by atoms with E-state index < -0.39 is 5.97 Å². The van der Waals surface area contributed by atoms with Gasteiger partial charge in [-0.05, 0) is 6.07 Å². The summed E-state index contributed by atoms with van der Waals surface area (Å²) < 4.78 is 6.02. The van der Waals surface area contributed by atoms with E-state index in [1.165, 1.54) is 11.3 Å². The Hall–Kier alpha value is -1.60. The lowest BCUT2D eigenvalue weighted by Crippen LogP contribution is -1.99. The average Bonchev–Trinajstić information content (AvgIpc) is 2.83. The lowest BCUT2D eigenvalue weighted by atomic mass is 10.3. The van der Waals surface area contributed by atoms with Gasteiger partial charge in [-0.25, -0.2) is 9.97 Å². The van der Waals surface area contributed by atoms with Gasteiger partial charge in [-0.3, -0.25) is 4.79 Å². The van der Waals surface area contributed by atoms with Crippen molar-refractivity contribution in [2.75, 3.05) is 7.11 Å². The molecule has 0 atom stereocenters. The Balaban J connectivity index is 1.98. The van der Waals surface area contributed by atoms with Gasteiger partial charge in [0.1, 0.15) is 4.34 Å². The van der Waals surface area contributed by atoms with Crippen molar-refractivity contribution in [3.8, 4) is 5.88 Å². The number of pyridine rings is 1. The highest BCUT2D eigenvalue weighted by Crippen LogP contribution is 2.28. The molecule has 0 saturated heterocycles. The van der Waals surface area contributed by atoms with Crippen LogP contribution >= 0.6 is 23.1 Å². The molecule has 0 aliphatic carbocycles. The number of carboxylic acid groups (broad SMARTS) is 1. The maximum atomic E-state index is 10.6. The summed E-state index contributed by atoms with van der Waals surface area (Å²) in [6.45, 7) is 0. The summed E-state index contributed by atoms with van der Waals surface area (Å²) in [5.41, 5.74) is 1.59. The highest BCUT2D eigenvalue weighted by molar-refractivity contribution is 8.00. The molecule has 2 aromatic rings. The molecule has 100 valence electrons. The number of aliphatic carboxylic acids is 1. The zero-order valence-electron chi connectivity index (χ0n) is 10.2. The number of ether oxygens (including phenoxy) is 1. The number of thiazole rings is 1. The molecule has 19 heavy (non-hydrogen) atoms. The van der Waals surface area contributed by atoms with Crippen molar-refractivity contribution in [2.45, 2.75) is 16.5 Å². The molecule has 0 aliphatic heterocycles. The Morgan fingerprint density at radius 2 is 2.42 bits per heavy atom. The van der Waals surface area contributed by atoms with E-state index in [9.17, 15) is 4.79 Å². The molecular formula is C12H12N2O3S2. The van der Waals surface area contributed by atoms with Gasteiger partial charge >= 0.3 is 5.97 Å². The minimum absolute atomic E-state index is 0.0345. The van der Waals surface area contributed by atoms with Gasteiger partial charge in [-0.1, -0.05) is 17.8 Å².